The first kappa shape index (κ1) is 12.0. The van der Waals surface area contributed by atoms with Crippen LogP contribution in [0.1, 0.15) is 25.9 Å². The highest BCUT2D eigenvalue weighted by molar-refractivity contribution is 5.78. The zero-order valence-corrected chi connectivity index (χ0v) is 11.0. The maximum absolute atomic E-state index is 11.6. The number of carbonyl (C=O) groups is 1. The summed E-state index contributed by atoms with van der Waals surface area (Å²) in [6, 6.07) is 7.60. The molecular formula is C14H18N4O. The Morgan fingerprint density at radius 3 is 2.95 bits per heavy atom. The molecule has 100 valence electrons. The van der Waals surface area contributed by atoms with E-state index in [0.717, 1.165) is 23.7 Å². The molecule has 1 aromatic heterocycles. The van der Waals surface area contributed by atoms with Crippen molar-refractivity contribution in [1.82, 2.24) is 14.7 Å². The maximum atomic E-state index is 11.6. The van der Waals surface area contributed by atoms with Crippen LogP contribution in [0.25, 0.3) is 10.9 Å². The Morgan fingerprint density at radius 1 is 1.42 bits per heavy atom. The van der Waals surface area contributed by atoms with E-state index in [1.54, 1.807) is 4.90 Å². The Balaban J connectivity index is 1.99. The van der Waals surface area contributed by atoms with Gasteiger partial charge in [0.1, 0.15) is 6.17 Å². The van der Waals surface area contributed by atoms with Crippen molar-refractivity contribution in [2.75, 3.05) is 6.54 Å². The van der Waals surface area contributed by atoms with Crippen LogP contribution in [0.3, 0.4) is 0 Å². The molecule has 0 bridgehead atoms. The molecule has 5 heteroatoms. The van der Waals surface area contributed by atoms with Crippen LogP contribution < -0.4 is 5.73 Å². The molecule has 2 unspecified atom stereocenters. The predicted molar refractivity (Wildman–Crippen MR) is 73.5 cm³/mol. The molecule has 1 fully saturated rings. The highest BCUT2D eigenvalue weighted by Gasteiger charge is 2.30. The molecule has 1 aliphatic rings. The van der Waals surface area contributed by atoms with Crippen molar-refractivity contribution in [3.63, 3.8) is 0 Å². The lowest BCUT2D eigenvalue weighted by Crippen LogP contribution is -2.45. The van der Waals surface area contributed by atoms with Gasteiger partial charge in [0.25, 0.3) is 0 Å². The zero-order valence-electron chi connectivity index (χ0n) is 11.0. The average molecular weight is 258 g/mol. The van der Waals surface area contributed by atoms with Gasteiger partial charge in [-0.3, -0.25) is 0 Å². The van der Waals surface area contributed by atoms with Crippen LogP contribution in [0.15, 0.2) is 30.5 Å². The van der Waals surface area contributed by atoms with Crippen molar-refractivity contribution >= 4 is 16.9 Å². The molecule has 2 N–H and O–H groups in total. The van der Waals surface area contributed by atoms with E-state index < -0.39 is 0 Å². The molecule has 0 aliphatic carbocycles. The molecule has 1 aromatic carbocycles. The first-order chi connectivity index (χ1) is 9.15. The summed E-state index contributed by atoms with van der Waals surface area (Å²) in [5, 5.41) is 5.66. The lowest BCUT2D eigenvalue weighted by molar-refractivity contribution is 0.0918. The number of primary amides is 1. The summed E-state index contributed by atoms with van der Waals surface area (Å²) in [7, 11) is 0. The van der Waals surface area contributed by atoms with Gasteiger partial charge in [0.15, 0.2) is 0 Å². The topological polar surface area (TPSA) is 64.2 Å². The van der Waals surface area contributed by atoms with Crippen LogP contribution in [0, 0.1) is 5.92 Å². The molecule has 2 aromatic rings. The molecule has 5 nitrogen and oxygen atoms in total. The highest BCUT2D eigenvalue weighted by atomic mass is 16.2. The smallest absolute Gasteiger partial charge is 0.316 e. The third-order valence-electron chi connectivity index (χ3n) is 3.86. The predicted octanol–water partition coefficient (Wildman–Crippen LogP) is 2.35. The number of fused-ring (bicyclic) bond motifs is 1. The van der Waals surface area contributed by atoms with Crippen LogP contribution in [0.4, 0.5) is 4.79 Å². The number of aromatic nitrogens is 2. The van der Waals surface area contributed by atoms with Gasteiger partial charge in [-0.25, -0.2) is 9.48 Å². The largest absolute Gasteiger partial charge is 0.351 e. The maximum Gasteiger partial charge on any atom is 0.316 e. The van der Waals surface area contributed by atoms with Gasteiger partial charge < -0.3 is 10.6 Å². The molecule has 0 saturated carbocycles. The number of urea groups is 1. The molecule has 2 amide bonds. The second-order valence-corrected chi connectivity index (χ2v) is 5.31. The van der Waals surface area contributed by atoms with Crippen molar-refractivity contribution in [3.05, 3.63) is 30.5 Å². The number of amides is 2. The summed E-state index contributed by atoms with van der Waals surface area (Å²) in [4.78, 5) is 13.3. The Bertz CT molecular complexity index is 573. The fraction of sp³-hybridized carbons (Fsp3) is 0.429. The molecule has 0 radical (unpaired) electrons. The Hall–Kier alpha value is -2.04. The van der Waals surface area contributed by atoms with E-state index in [2.05, 4.69) is 12.0 Å². The minimum Gasteiger partial charge on any atom is -0.351 e. The Morgan fingerprint density at radius 2 is 2.21 bits per heavy atom. The summed E-state index contributed by atoms with van der Waals surface area (Å²) in [6.45, 7) is 2.91. The van der Waals surface area contributed by atoms with Gasteiger partial charge in [-0.05, 0) is 24.8 Å². The number of nitrogens with two attached hydrogens (primary N) is 1. The fourth-order valence-electron chi connectivity index (χ4n) is 2.76. The molecular weight excluding hydrogens is 240 g/mol. The van der Waals surface area contributed by atoms with E-state index in [9.17, 15) is 4.79 Å². The first-order valence-corrected chi connectivity index (χ1v) is 6.65. The zero-order chi connectivity index (χ0) is 13.4. The monoisotopic (exact) mass is 258 g/mol. The summed E-state index contributed by atoms with van der Waals surface area (Å²) < 4.78 is 1.88. The number of carbonyl (C=O) groups excluding carboxylic acids is 1. The number of hydrogen-bond donors (Lipinski definition) is 1. The van der Waals surface area contributed by atoms with Crippen LogP contribution >= 0.6 is 0 Å². The van der Waals surface area contributed by atoms with Crippen molar-refractivity contribution < 1.29 is 4.79 Å². The van der Waals surface area contributed by atoms with Crippen molar-refractivity contribution in [3.8, 4) is 0 Å². The second kappa shape index (κ2) is 4.57. The fourth-order valence-corrected chi connectivity index (χ4v) is 2.76. The third-order valence-corrected chi connectivity index (χ3v) is 3.86. The Labute approximate surface area is 112 Å². The molecule has 0 spiro atoms. The summed E-state index contributed by atoms with van der Waals surface area (Å²) in [5.41, 5.74) is 6.43. The number of likely N-dealkylation sites (tertiary alicyclic amines) is 1. The molecule has 1 saturated heterocycles. The van der Waals surface area contributed by atoms with E-state index in [4.69, 9.17) is 5.73 Å². The van der Waals surface area contributed by atoms with Gasteiger partial charge in [-0.15, -0.1) is 0 Å². The summed E-state index contributed by atoms with van der Waals surface area (Å²) >= 11 is 0. The van der Waals surface area contributed by atoms with Crippen molar-refractivity contribution in [1.29, 1.82) is 0 Å². The third kappa shape index (κ3) is 2.16. The standard InChI is InChI=1S/C14H18N4O/c1-10-6-7-17(14(15)19)13(8-10)18-9-11-4-2-3-5-12(11)16-18/h2-5,9-10,13H,6-8H2,1H3,(H2,15,19). The minimum absolute atomic E-state index is 0.0614. The number of benzene rings is 1. The van der Waals surface area contributed by atoms with Crippen LogP contribution in [-0.2, 0) is 0 Å². The van der Waals surface area contributed by atoms with Crippen LogP contribution in [0.2, 0.25) is 0 Å². The van der Waals surface area contributed by atoms with Crippen LogP contribution in [0.5, 0.6) is 0 Å². The summed E-state index contributed by atoms with van der Waals surface area (Å²) in [6.07, 6.45) is 3.83. The van der Waals surface area contributed by atoms with Gasteiger partial charge in [0, 0.05) is 18.1 Å². The molecule has 3 rings (SSSR count). The van der Waals surface area contributed by atoms with E-state index in [1.807, 2.05) is 35.1 Å². The van der Waals surface area contributed by atoms with Gasteiger partial charge in [-0.2, -0.15) is 5.10 Å². The van der Waals surface area contributed by atoms with Gasteiger partial charge in [-0.1, -0.05) is 25.1 Å². The molecule has 1 aliphatic heterocycles. The lowest BCUT2D eigenvalue weighted by atomic mass is 9.97. The van der Waals surface area contributed by atoms with Crippen molar-refractivity contribution in [2.45, 2.75) is 25.9 Å². The Kier molecular flexibility index (Phi) is 2.89. The van der Waals surface area contributed by atoms with Gasteiger partial charge >= 0.3 is 6.03 Å². The van der Waals surface area contributed by atoms with Gasteiger partial charge in [0.05, 0.1) is 5.52 Å². The number of piperidine rings is 1. The number of nitrogens with zero attached hydrogens (tertiary/aromatic N) is 3. The lowest BCUT2D eigenvalue weighted by Gasteiger charge is -2.37. The number of hydrogen-bond acceptors (Lipinski definition) is 2. The van der Waals surface area contributed by atoms with Crippen molar-refractivity contribution in [2.24, 2.45) is 11.7 Å². The quantitative estimate of drug-likeness (QED) is 0.853. The SMILES string of the molecule is CC1CCN(C(N)=O)C(n2cc3ccccc3n2)C1. The average Bonchev–Trinajstić information content (AvgIpc) is 2.81. The first-order valence-electron chi connectivity index (χ1n) is 6.65. The van der Waals surface area contributed by atoms with E-state index in [1.165, 1.54) is 0 Å². The van der Waals surface area contributed by atoms with Crippen LogP contribution in [-0.4, -0.2) is 27.3 Å². The normalized spacial score (nSPS) is 23.7. The second-order valence-electron chi connectivity index (χ2n) is 5.31. The molecule has 2 heterocycles. The van der Waals surface area contributed by atoms with E-state index in [0.29, 0.717) is 12.5 Å². The minimum atomic E-state index is -0.364. The summed E-state index contributed by atoms with van der Waals surface area (Å²) in [5.74, 6) is 0.577. The van der Waals surface area contributed by atoms with E-state index in [-0.39, 0.29) is 12.2 Å². The highest BCUT2D eigenvalue weighted by Crippen LogP contribution is 2.30. The molecule has 19 heavy (non-hydrogen) atoms. The van der Waals surface area contributed by atoms with E-state index >= 15 is 0 Å². The van der Waals surface area contributed by atoms with Gasteiger partial charge in [0.2, 0.25) is 0 Å². The molecule has 2 atom stereocenters. The number of rotatable bonds is 1.